The normalized spacial score (nSPS) is 10.7. The number of benzene rings is 1. The number of nitrogens with one attached hydrogen (secondary N) is 1. The lowest BCUT2D eigenvalue weighted by atomic mass is 10.2. The minimum Gasteiger partial charge on any atom is -0.460 e. The molecule has 3 aromatic rings. The largest absolute Gasteiger partial charge is 0.460 e. The standard InChI is InChI=1S/C17H15FN2O/c18-15-5-3-14(4-6-15)17-8-7-16(21-17)12-20-11-13-2-1-9-19-10-13/h1-10,20H,11-12H2. The van der Waals surface area contributed by atoms with Gasteiger partial charge in [0.15, 0.2) is 0 Å². The van der Waals surface area contributed by atoms with Crippen molar-refractivity contribution in [3.8, 4) is 11.3 Å². The highest BCUT2D eigenvalue weighted by molar-refractivity contribution is 5.57. The molecule has 0 atom stereocenters. The maximum atomic E-state index is 12.9. The lowest BCUT2D eigenvalue weighted by Crippen LogP contribution is -2.12. The Hall–Kier alpha value is -2.46. The summed E-state index contributed by atoms with van der Waals surface area (Å²) in [6.45, 7) is 1.37. The molecule has 0 amide bonds. The molecule has 1 N–H and O–H groups in total. The second kappa shape index (κ2) is 6.33. The summed E-state index contributed by atoms with van der Waals surface area (Å²) < 4.78 is 18.6. The maximum Gasteiger partial charge on any atom is 0.134 e. The van der Waals surface area contributed by atoms with Gasteiger partial charge in [-0.05, 0) is 48.0 Å². The zero-order valence-electron chi connectivity index (χ0n) is 11.4. The molecule has 0 bridgehead atoms. The molecule has 0 radical (unpaired) electrons. The van der Waals surface area contributed by atoms with Crippen LogP contribution < -0.4 is 5.32 Å². The quantitative estimate of drug-likeness (QED) is 0.774. The number of rotatable bonds is 5. The van der Waals surface area contributed by atoms with E-state index in [0.29, 0.717) is 6.54 Å². The van der Waals surface area contributed by atoms with Gasteiger partial charge in [-0.1, -0.05) is 6.07 Å². The Morgan fingerprint density at radius 2 is 1.86 bits per heavy atom. The lowest BCUT2D eigenvalue weighted by molar-refractivity contribution is 0.493. The van der Waals surface area contributed by atoms with Gasteiger partial charge in [-0.25, -0.2) is 4.39 Å². The average Bonchev–Trinajstić information content (AvgIpc) is 2.98. The van der Waals surface area contributed by atoms with Gasteiger partial charge in [0, 0.05) is 24.5 Å². The van der Waals surface area contributed by atoms with Crippen LogP contribution in [-0.2, 0) is 13.1 Å². The van der Waals surface area contributed by atoms with Gasteiger partial charge >= 0.3 is 0 Å². The predicted molar refractivity (Wildman–Crippen MR) is 78.9 cm³/mol. The first-order valence-electron chi connectivity index (χ1n) is 6.75. The van der Waals surface area contributed by atoms with Crippen molar-refractivity contribution in [2.24, 2.45) is 0 Å². The van der Waals surface area contributed by atoms with Crippen molar-refractivity contribution in [2.75, 3.05) is 0 Å². The van der Waals surface area contributed by atoms with Crippen LogP contribution in [0.15, 0.2) is 65.3 Å². The van der Waals surface area contributed by atoms with Crippen LogP contribution in [0.25, 0.3) is 11.3 Å². The third-order valence-corrected chi connectivity index (χ3v) is 3.14. The van der Waals surface area contributed by atoms with E-state index in [1.807, 2.05) is 30.5 Å². The van der Waals surface area contributed by atoms with Gasteiger partial charge in [-0.2, -0.15) is 0 Å². The molecule has 0 fully saturated rings. The second-order valence-electron chi connectivity index (χ2n) is 4.74. The lowest BCUT2D eigenvalue weighted by Gasteiger charge is -2.02. The summed E-state index contributed by atoms with van der Waals surface area (Å²) in [7, 11) is 0. The molecular formula is C17H15FN2O. The molecule has 0 aliphatic rings. The van der Waals surface area contributed by atoms with Gasteiger partial charge in [0.1, 0.15) is 17.3 Å². The van der Waals surface area contributed by atoms with Gasteiger partial charge in [0.2, 0.25) is 0 Å². The molecule has 1 aromatic carbocycles. The molecule has 3 rings (SSSR count). The average molecular weight is 282 g/mol. The third-order valence-electron chi connectivity index (χ3n) is 3.14. The molecule has 3 nitrogen and oxygen atoms in total. The molecule has 0 spiro atoms. The van der Waals surface area contributed by atoms with E-state index in [-0.39, 0.29) is 5.82 Å². The van der Waals surface area contributed by atoms with E-state index in [1.165, 1.54) is 12.1 Å². The van der Waals surface area contributed by atoms with Crippen LogP contribution in [-0.4, -0.2) is 4.98 Å². The molecule has 2 heterocycles. The highest BCUT2D eigenvalue weighted by Gasteiger charge is 2.04. The maximum absolute atomic E-state index is 12.9. The number of hydrogen-bond acceptors (Lipinski definition) is 3. The Kier molecular flexibility index (Phi) is 4.07. The summed E-state index contributed by atoms with van der Waals surface area (Å²) in [5, 5.41) is 3.30. The van der Waals surface area contributed by atoms with E-state index < -0.39 is 0 Å². The SMILES string of the molecule is Fc1ccc(-c2ccc(CNCc3cccnc3)o2)cc1. The van der Waals surface area contributed by atoms with Gasteiger partial charge < -0.3 is 9.73 Å². The summed E-state index contributed by atoms with van der Waals surface area (Å²) in [5.41, 5.74) is 2.00. The summed E-state index contributed by atoms with van der Waals surface area (Å²) in [6.07, 6.45) is 3.59. The molecule has 0 saturated heterocycles. The fourth-order valence-corrected chi connectivity index (χ4v) is 2.07. The second-order valence-corrected chi connectivity index (χ2v) is 4.74. The van der Waals surface area contributed by atoms with E-state index in [1.54, 1.807) is 18.3 Å². The van der Waals surface area contributed by atoms with Crippen LogP contribution in [0, 0.1) is 5.82 Å². The van der Waals surface area contributed by atoms with Crippen molar-refractivity contribution in [1.29, 1.82) is 0 Å². The van der Waals surface area contributed by atoms with Gasteiger partial charge in [0.25, 0.3) is 0 Å². The molecule has 0 aliphatic heterocycles. The van der Waals surface area contributed by atoms with Crippen molar-refractivity contribution in [2.45, 2.75) is 13.1 Å². The molecule has 4 heteroatoms. The van der Waals surface area contributed by atoms with Crippen LogP contribution in [0.3, 0.4) is 0 Å². The Labute approximate surface area is 122 Å². The van der Waals surface area contributed by atoms with Crippen LogP contribution in [0.2, 0.25) is 0 Å². The zero-order valence-corrected chi connectivity index (χ0v) is 11.4. The Morgan fingerprint density at radius 1 is 1.00 bits per heavy atom. The fraction of sp³-hybridized carbons (Fsp3) is 0.118. The molecule has 21 heavy (non-hydrogen) atoms. The first-order chi connectivity index (χ1) is 10.3. The molecule has 0 saturated carbocycles. The number of nitrogens with zero attached hydrogens (tertiary/aromatic N) is 1. The number of furan rings is 1. The van der Waals surface area contributed by atoms with Crippen molar-refractivity contribution in [3.63, 3.8) is 0 Å². The summed E-state index contributed by atoms with van der Waals surface area (Å²) >= 11 is 0. The number of pyridine rings is 1. The Bertz CT molecular complexity index is 692. The van der Waals surface area contributed by atoms with Crippen molar-refractivity contribution < 1.29 is 8.81 Å². The van der Waals surface area contributed by atoms with Crippen LogP contribution in [0.1, 0.15) is 11.3 Å². The number of hydrogen-bond donors (Lipinski definition) is 1. The molecular weight excluding hydrogens is 267 g/mol. The van der Waals surface area contributed by atoms with Crippen LogP contribution in [0.5, 0.6) is 0 Å². The molecule has 2 aromatic heterocycles. The minimum absolute atomic E-state index is 0.247. The van der Waals surface area contributed by atoms with Crippen LogP contribution in [0.4, 0.5) is 4.39 Å². The predicted octanol–water partition coefficient (Wildman–Crippen LogP) is 3.77. The molecule has 0 aliphatic carbocycles. The van der Waals surface area contributed by atoms with Gasteiger partial charge in [-0.15, -0.1) is 0 Å². The van der Waals surface area contributed by atoms with Crippen molar-refractivity contribution >= 4 is 0 Å². The van der Waals surface area contributed by atoms with Gasteiger partial charge in [-0.3, -0.25) is 4.98 Å². The number of aromatic nitrogens is 1. The monoisotopic (exact) mass is 282 g/mol. The smallest absolute Gasteiger partial charge is 0.134 e. The highest BCUT2D eigenvalue weighted by atomic mass is 19.1. The molecule has 106 valence electrons. The number of halogens is 1. The summed E-state index contributed by atoms with van der Waals surface area (Å²) in [5.74, 6) is 1.34. The minimum atomic E-state index is -0.247. The Balaban J connectivity index is 1.59. The van der Waals surface area contributed by atoms with Crippen LogP contribution >= 0.6 is 0 Å². The topological polar surface area (TPSA) is 38.1 Å². The first kappa shape index (κ1) is 13.5. The van der Waals surface area contributed by atoms with E-state index in [0.717, 1.165) is 29.2 Å². The van der Waals surface area contributed by atoms with E-state index in [4.69, 9.17) is 4.42 Å². The summed E-state index contributed by atoms with van der Waals surface area (Å²) in [6, 6.07) is 14.0. The highest BCUT2D eigenvalue weighted by Crippen LogP contribution is 2.22. The van der Waals surface area contributed by atoms with Crippen molar-refractivity contribution in [1.82, 2.24) is 10.3 Å². The fourth-order valence-electron chi connectivity index (χ4n) is 2.07. The van der Waals surface area contributed by atoms with E-state index >= 15 is 0 Å². The van der Waals surface area contributed by atoms with Crippen molar-refractivity contribution in [3.05, 3.63) is 78.1 Å². The Morgan fingerprint density at radius 3 is 2.62 bits per heavy atom. The van der Waals surface area contributed by atoms with E-state index in [2.05, 4.69) is 10.3 Å². The zero-order chi connectivity index (χ0) is 14.5. The van der Waals surface area contributed by atoms with E-state index in [9.17, 15) is 4.39 Å². The van der Waals surface area contributed by atoms with Gasteiger partial charge in [0.05, 0.1) is 6.54 Å². The molecule has 0 unspecified atom stereocenters. The first-order valence-corrected chi connectivity index (χ1v) is 6.75. The summed E-state index contributed by atoms with van der Waals surface area (Å²) in [4.78, 5) is 4.07. The third kappa shape index (κ3) is 3.55.